The second-order valence-corrected chi connectivity index (χ2v) is 7.46. The minimum Gasteiger partial charge on any atom is -0.493 e. The Balaban J connectivity index is 1.44. The van der Waals surface area contributed by atoms with Crippen LogP contribution in [0.15, 0.2) is 83.3 Å². The molecule has 0 atom stereocenters. The molecule has 1 aromatic heterocycles. The van der Waals surface area contributed by atoms with E-state index in [1.807, 2.05) is 47.8 Å². The molecule has 0 aliphatic rings. The Morgan fingerprint density at radius 1 is 1.03 bits per heavy atom. The highest BCUT2D eigenvalue weighted by Crippen LogP contribution is 2.29. The summed E-state index contributed by atoms with van der Waals surface area (Å²) in [5.41, 5.74) is 4.41. The molecule has 0 aliphatic heterocycles. The lowest BCUT2D eigenvalue weighted by Gasteiger charge is -2.12. The fourth-order valence-electron chi connectivity index (χ4n) is 3.09. The summed E-state index contributed by atoms with van der Waals surface area (Å²) in [7, 11) is 1.60. The van der Waals surface area contributed by atoms with Crippen molar-refractivity contribution in [3.05, 3.63) is 94.2 Å². The van der Waals surface area contributed by atoms with Crippen LogP contribution in [0.25, 0.3) is 10.8 Å². The number of fused-ring (bicyclic) bond motifs is 1. The van der Waals surface area contributed by atoms with Gasteiger partial charge in [0.05, 0.1) is 18.2 Å². The van der Waals surface area contributed by atoms with Crippen molar-refractivity contribution in [2.75, 3.05) is 7.11 Å². The summed E-state index contributed by atoms with van der Waals surface area (Å²) in [6.45, 7) is 0.433. The van der Waals surface area contributed by atoms with Gasteiger partial charge in [-0.25, -0.2) is 5.43 Å². The summed E-state index contributed by atoms with van der Waals surface area (Å²) in [4.78, 5) is 12.5. The van der Waals surface area contributed by atoms with Gasteiger partial charge >= 0.3 is 0 Å². The summed E-state index contributed by atoms with van der Waals surface area (Å²) in [5.74, 6) is 1.01. The van der Waals surface area contributed by atoms with Crippen LogP contribution < -0.4 is 14.9 Å². The van der Waals surface area contributed by atoms with Gasteiger partial charge in [0.2, 0.25) is 0 Å². The fourth-order valence-corrected chi connectivity index (χ4v) is 3.70. The molecule has 0 unspecified atom stereocenters. The molecule has 0 saturated heterocycles. The summed E-state index contributed by atoms with van der Waals surface area (Å²) in [5, 5.41) is 8.22. The number of hydrazone groups is 1. The predicted octanol–water partition coefficient (Wildman–Crippen LogP) is 5.25. The number of carbonyl (C=O) groups excluding carboxylic acids is 1. The van der Waals surface area contributed by atoms with Gasteiger partial charge in [-0.05, 0) is 51.5 Å². The van der Waals surface area contributed by atoms with Gasteiger partial charge in [-0.15, -0.1) is 11.3 Å². The molecule has 4 rings (SSSR count). The molecule has 0 bridgehead atoms. The van der Waals surface area contributed by atoms with E-state index < -0.39 is 0 Å². The number of hydrogen-bond acceptors (Lipinski definition) is 5. The van der Waals surface area contributed by atoms with Gasteiger partial charge in [0.15, 0.2) is 11.5 Å². The minimum atomic E-state index is -0.233. The summed E-state index contributed by atoms with van der Waals surface area (Å²) >= 11 is 1.37. The maximum atomic E-state index is 11.9. The zero-order chi connectivity index (χ0) is 20.8. The zero-order valence-electron chi connectivity index (χ0n) is 16.4. The highest BCUT2D eigenvalue weighted by molar-refractivity contribution is 7.12. The first-order valence-electron chi connectivity index (χ1n) is 9.39. The number of carbonyl (C=O) groups is 1. The number of thiophene rings is 1. The monoisotopic (exact) mass is 416 g/mol. The van der Waals surface area contributed by atoms with Crippen LogP contribution in [0.5, 0.6) is 11.5 Å². The smallest absolute Gasteiger partial charge is 0.281 e. The van der Waals surface area contributed by atoms with Crippen LogP contribution in [0.2, 0.25) is 0 Å². The molecule has 0 radical (unpaired) electrons. The summed E-state index contributed by atoms with van der Waals surface area (Å²) in [6, 6.07) is 23.5. The fraction of sp³-hybridized carbons (Fsp3) is 0.0833. The maximum absolute atomic E-state index is 11.9. The van der Waals surface area contributed by atoms with Crippen LogP contribution in [-0.4, -0.2) is 19.2 Å². The summed E-state index contributed by atoms with van der Waals surface area (Å²) in [6.07, 6.45) is 1.57. The Labute approximate surface area is 178 Å². The highest BCUT2D eigenvalue weighted by Gasteiger charge is 2.08. The van der Waals surface area contributed by atoms with Crippen molar-refractivity contribution in [2.24, 2.45) is 5.10 Å². The lowest BCUT2D eigenvalue weighted by molar-refractivity contribution is 0.0959. The van der Waals surface area contributed by atoms with Crippen molar-refractivity contribution in [3.8, 4) is 11.5 Å². The maximum Gasteiger partial charge on any atom is 0.281 e. The molecule has 150 valence electrons. The van der Waals surface area contributed by atoms with Crippen molar-refractivity contribution >= 4 is 34.2 Å². The van der Waals surface area contributed by atoms with Crippen molar-refractivity contribution in [2.45, 2.75) is 6.61 Å². The molecule has 1 N–H and O–H groups in total. The van der Waals surface area contributed by atoms with Crippen LogP contribution >= 0.6 is 11.3 Å². The van der Waals surface area contributed by atoms with Crippen molar-refractivity contribution < 1.29 is 14.3 Å². The van der Waals surface area contributed by atoms with Crippen molar-refractivity contribution in [1.82, 2.24) is 5.43 Å². The first-order chi connectivity index (χ1) is 14.7. The molecule has 0 aliphatic carbocycles. The Kier molecular flexibility index (Phi) is 6.06. The number of ether oxygens (including phenoxy) is 2. The predicted molar refractivity (Wildman–Crippen MR) is 121 cm³/mol. The Morgan fingerprint density at radius 3 is 2.73 bits per heavy atom. The molecule has 1 amide bonds. The number of hydrogen-bond donors (Lipinski definition) is 1. The van der Waals surface area contributed by atoms with Gasteiger partial charge in [-0.1, -0.05) is 48.5 Å². The molecule has 30 heavy (non-hydrogen) atoms. The standard InChI is InChI=1S/C24H20N2O3S/c1-28-22-14-17(15-25-26-24(27)23-10-5-13-30-23)11-12-21(22)29-16-19-8-4-7-18-6-2-3-9-20(18)19/h2-15H,16H2,1H3,(H,26,27)/b25-15-. The van der Waals surface area contributed by atoms with Gasteiger partial charge in [0.1, 0.15) is 6.61 Å². The Hall–Kier alpha value is -3.64. The molecule has 0 spiro atoms. The van der Waals surface area contributed by atoms with Crippen LogP contribution in [-0.2, 0) is 6.61 Å². The molecular weight excluding hydrogens is 396 g/mol. The van der Waals surface area contributed by atoms with E-state index in [1.165, 1.54) is 22.1 Å². The first-order valence-corrected chi connectivity index (χ1v) is 10.3. The van der Waals surface area contributed by atoms with Crippen LogP contribution in [0.1, 0.15) is 20.8 Å². The first kappa shape index (κ1) is 19.7. The van der Waals surface area contributed by atoms with Gasteiger partial charge < -0.3 is 9.47 Å². The average molecular weight is 417 g/mol. The Bertz CT molecular complexity index is 1180. The van der Waals surface area contributed by atoms with E-state index in [1.54, 1.807) is 19.4 Å². The topological polar surface area (TPSA) is 59.9 Å². The average Bonchev–Trinajstić information content (AvgIpc) is 3.33. The molecular formula is C24H20N2O3S. The highest BCUT2D eigenvalue weighted by atomic mass is 32.1. The largest absolute Gasteiger partial charge is 0.493 e. The third-order valence-electron chi connectivity index (χ3n) is 4.58. The van der Waals surface area contributed by atoms with E-state index in [0.29, 0.717) is 23.0 Å². The third kappa shape index (κ3) is 4.50. The van der Waals surface area contributed by atoms with E-state index in [2.05, 4.69) is 34.8 Å². The normalized spacial score (nSPS) is 11.0. The second-order valence-electron chi connectivity index (χ2n) is 6.51. The molecule has 3 aromatic carbocycles. The van der Waals surface area contributed by atoms with Crippen LogP contribution in [0.4, 0.5) is 0 Å². The summed E-state index contributed by atoms with van der Waals surface area (Å²) < 4.78 is 11.5. The number of nitrogens with zero attached hydrogens (tertiary/aromatic N) is 1. The molecule has 5 nitrogen and oxygen atoms in total. The molecule has 0 fully saturated rings. The van der Waals surface area contributed by atoms with E-state index in [9.17, 15) is 4.79 Å². The van der Waals surface area contributed by atoms with Crippen LogP contribution in [0, 0.1) is 0 Å². The van der Waals surface area contributed by atoms with E-state index in [0.717, 1.165) is 11.1 Å². The lowest BCUT2D eigenvalue weighted by atomic mass is 10.1. The van der Waals surface area contributed by atoms with Gasteiger partial charge in [-0.3, -0.25) is 4.79 Å². The number of benzene rings is 3. The van der Waals surface area contributed by atoms with E-state index in [-0.39, 0.29) is 5.91 Å². The number of nitrogens with one attached hydrogen (secondary N) is 1. The SMILES string of the molecule is COc1cc(/C=N\NC(=O)c2cccs2)ccc1OCc1cccc2ccccc12. The van der Waals surface area contributed by atoms with Gasteiger partial charge in [0, 0.05) is 0 Å². The molecule has 0 saturated carbocycles. The van der Waals surface area contributed by atoms with Gasteiger partial charge in [0.25, 0.3) is 5.91 Å². The van der Waals surface area contributed by atoms with Crippen LogP contribution in [0.3, 0.4) is 0 Å². The number of rotatable bonds is 7. The quantitative estimate of drug-likeness (QED) is 0.331. The van der Waals surface area contributed by atoms with Gasteiger partial charge in [-0.2, -0.15) is 5.10 Å². The van der Waals surface area contributed by atoms with E-state index in [4.69, 9.17) is 9.47 Å². The number of amides is 1. The van der Waals surface area contributed by atoms with Crippen molar-refractivity contribution in [3.63, 3.8) is 0 Å². The second kappa shape index (κ2) is 9.24. The molecule has 1 heterocycles. The number of methoxy groups -OCH3 is 1. The molecule has 4 aromatic rings. The molecule has 6 heteroatoms. The zero-order valence-corrected chi connectivity index (χ0v) is 17.2. The third-order valence-corrected chi connectivity index (χ3v) is 5.44. The minimum absolute atomic E-state index is 0.233. The van der Waals surface area contributed by atoms with Crippen molar-refractivity contribution in [1.29, 1.82) is 0 Å². The lowest BCUT2D eigenvalue weighted by Crippen LogP contribution is -2.16. The van der Waals surface area contributed by atoms with E-state index >= 15 is 0 Å². The Morgan fingerprint density at radius 2 is 1.90 bits per heavy atom.